The van der Waals surface area contributed by atoms with E-state index in [1.165, 1.54) is 6.07 Å². The lowest BCUT2D eigenvalue weighted by molar-refractivity contribution is 0.213. The summed E-state index contributed by atoms with van der Waals surface area (Å²) < 4.78 is 52.1. The number of hydrogen-bond donors (Lipinski definition) is 0. The highest BCUT2D eigenvalue weighted by molar-refractivity contribution is 5.46. The minimum atomic E-state index is -2.54. The molecule has 0 aromatic rings. The molecule has 0 heterocycles. The SMILES string of the molecule is N#CCC1=C(F)C(F)=C(C#N)C(F)C1F. The fraction of sp³-hybridized carbons (Fsp3) is 0.333. The maximum Gasteiger partial charge on any atom is 0.175 e. The van der Waals surface area contributed by atoms with E-state index in [1.807, 2.05) is 0 Å². The van der Waals surface area contributed by atoms with Crippen molar-refractivity contribution in [3.63, 3.8) is 0 Å². The van der Waals surface area contributed by atoms with Crippen molar-refractivity contribution in [1.82, 2.24) is 0 Å². The Balaban J connectivity index is 3.30. The van der Waals surface area contributed by atoms with Crippen LogP contribution in [0.3, 0.4) is 0 Å². The summed E-state index contributed by atoms with van der Waals surface area (Å²) in [4.78, 5) is 0. The normalized spacial score (nSPS) is 26.3. The maximum atomic E-state index is 13.1. The average Bonchev–Trinajstić information content (AvgIpc) is 2.23. The fourth-order valence-corrected chi connectivity index (χ4v) is 1.20. The topological polar surface area (TPSA) is 47.6 Å². The second kappa shape index (κ2) is 4.14. The Morgan fingerprint density at radius 2 is 1.67 bits per heavy atom. The van der Waals surface area contributed by atoms with Crippen molar-refractivity contribution in [2.24, 2.45) is 0 Å². The highest BCUT2D eigenvalue weighted by Gasteiger charge is 2.39. The number of nitrogens with zero attached hydrogens (tertiary/aromatic N) is 2. The van der Waals surface area contributed by atoms with Crippen LogP contribution in [0.5, 0.6) is 0 Å². The van der Waals surface area contributed by atoms with Crippen molar-refractivity contribution in [3.8, 4) is 12.1 Å². The molecule has 78 valence electrons. The highest BCUT2D eigenvalue weighted by Crippen LogP contribution is 2.36. The molecule has 2 nitrogen and oxygen atoms in total. The molecule has 0 bridgehead atoms. The van der Waals surface area contributed by atoms with Crippen LogP contribution in [0.4, 0.5) is 17.6 Å². The van der Waals surface area contributed by atoms with Gasteiger partial charge in [-0.1, -0.05) is 0 Å². The third-order valence-electron chi connectivity index (χ3n) is 1.97. The molecule has 2 atom stereocenters. The average molecular weight is 216 g/mol. The number of alkyl halides is 2. The summed E-state index contributed by atoms with van der Waals surface area (Å²) in [5, 5.41) is 16.5. The molecule has 0 amide bonds. The van der Waals surface area contributed by atoms with Crippen molar-refractivity contribution in [2.75, 3.05) is 0 Å². The van der Waals surface area contributed by atoms with Crippen LogP contribution in [0.25, 0.3) is 0 Å². The number of rotatable bonds is 1. The Hall–Kier alpha value is -1.82. The van der Waals surface area contributed by atoms with Crippen molar-refractivity contribution >= 4 is 0 Å². The second-order valence-electron chi connectivity index (χ2n) is 2.82. The maximum absolute atomic E-state index is 13.1. The first-order valence-corrected chi connectivity index (χ1v) is 3.88. The zero-order valence-corrected chi connectivity index (χ0v) is 7.27. The summed E-state index contributed by atoms with van der Waals surface area (Å²) in [6.45, 7) is 0. The van der Waals surface area contributed by atoms with E-state index in [4.69, 9.17) is 10.5 Å². The van der Waals surface area contributed by atoms with E-state index in [9.17, 15) is 17.6 Å². The zero-order valence-electron chi connectivity index (χ0n) is 7.27. The molecule has 0 saturated heterocycles. The number of hydrogen-bond acceptors (Lipinski definition) is 2. The third kappa shape index (κ3) is 1.71. The van der Waals surface area contributed by atoms with Crippen LogP contribution in [0.15, 0.2) is 22.8 Å². The molecule has 0 saturated carbocycles. The summed E-state index contributed by atoms with van der Waals surface area (Å²) in [6.07, 6.45) is -5.77. The molecule has 0 N–H and O–H groups in total. The van der Waals surface area contributed by atoms with Gasteiger partial charge in [0.1, 0.15) is 11.6 Å². The minimum Gasteiger partial charge on any atom is -0.239 e. The van der Waals surface area contributed by atoms with Gasteiger partial charge in [-0.15, -0.1) is 0 Å². The van der Waals surface area contributed by atoms with E-state index in [2.05, 4.69) is 0 Å². The van der Waals surface area contributed by atoms with Gasteiger partial charge in [0.05, 0.1) is 12.5 Å². The quantitative estimate of drug-likeness (QED) is 0.632. The molecule has 1 aliphatic rings. The molecular weight excluding hydrogens is 212 g/mol. The smallest absolute Gasteiger partial charge is 0.175 e. The van der Waals surface area contributed by atoms with Gasteiger partial charge in [0.15, 0.2) is 24.0 Å². The molecule has 0 aliphatic heterocycles. The molecule has 0 spiro atoms. The lowest BCUT2D eigenvalue weighted by atomic mass is 9.92. The first-order valence-electron chi connectivity index (χ1n) is 3.88. The van der Waals surface area contributed by atoms with Gasteiger partial charge in [0.25, 0.3) is 0 Å². The van der Waals surface area contributed by atoms with Crippen LogP contribution in [-0.2, 0) is 0 Å². The Morgan fingerprint density at radius 3 is 2.13 bits per heavy atom. The van der Waals surface area contributed by atoms with Crippen LogP contribution >= 0.6 is 0 Å². The van der Waals surface area contributed by atoms with Gasteiger partial charge in [-0.25, -0.2) is 17.6 Å². The van der Waals surface area contributed by atoms with E-state index in [0.29, 0.717) is 0 Å². The summed E-state index contributed by atoms with van der Waals surface area (Å²) >= 11 is 0. The predicted octanol–water partition coefficient (Wildman–Crippen LogP) is 2.56. The van der Waals surface area contributed by atoms with Gasteiger partial charge < -0.3 is 0 Å². The monoisotopic (exact) mass is 216 g/mol. The van der Waals surface area contributed by atoms with Gasteiger partial charge in [0, 0.05) is 5.57 Å². The lowest BCUT2D eigenvalue weighted by Crippen LogP contribution is -2.27. The minimum absolute atomic E-state index is 0.750. The molecule has 15 heavy (non-hydrogen) atoms. The predicted molar refractivity (Wildman–Crippen MR) is 41.9 cm³/mol. The van der Waals surface area contributed by atoms with Crippen LogP contribution in [-0.4, -0.2) is 12.3 Å². The highest BCUT2D eigenvalue weighted by atomic mass is 19.2. The Morgan fingerprint density at radius 1 is 1.07 bits per heavy atom. The Labute approximate surface area is 82.7 Å². The van der Waals surface area contributed by atoms with E-state index < -0.39 is 41.6 Å². The van der Waals surface area contributed by atoms with Gasteiger partial charge in [0.2, 0.25) is 0 Å². The molecule has 6 heteroatoms. The van der Waals surface area contributed by atoms with Crippen LogP contribution in [0.2, 0.25) is 0 Å². The van der Waals surface area contributed by atoms with Crippen molar-refractivity contribution < 1.29 is 17.6 Å². The summed E-state index contributed by atoms with van der Waals surface area (Å²) in [5.74, 6) is -3.36. The number of allylic oxidation sites excluding steroid dienone is 4. The standard InChI is InChI=1S/C9H4F4N2/c10-6-4(1-2-14)7(11)9(13)5(3-15)8(6)12/h6,8H,1H2. The molecule has 0 aromatic heterocycles. The van der Waals surface area contributed by atoms with E-state index in [0.717, 1.165) is 6.07 Å². The van der Waals surface area contributed by atoms with Gasteiger partial charge in [-0.3, -0.25) is 0 Å². The lowest BCUT2D eigenvalue weighted by Gasteiger charge is -2.20. The Kier molecular flexibility index (Phi) is 3.11. The van der Waals surface area contributed by atoms with Crippen molar-refractivity contribution in [3.05, 3.63) is 22.8 Å². The van der Waals surface area contributed by atoms with Gasteiger partial charge >= 0.3 is 0 Å². The molecular formula is C9H4F4N2. The number of halogens is 4. The molecule has 2 unspecified atom stereocenters. The van der Waals surface area contributed by atoms with Crippen LogP contribution in [0.1, 0.15) is 6.42 Å². The van der Waals surface area contributed by atoms with Crippen molar-refractivity contribution in [2.45, 2.75) is 18.8 Å². The molecule has 1 aliphatic carbocycles. The summed E-state index contributed by atoms with van der Waals surface area (Å²) in [5.41, 5.74) is -2.09. The largest absolute Gasteiger partial charge is 0.239 e. The van der Waals surface area contributed by atoms with Gasteiger partial charge in [-0.05, 0) is 0 Å². The molecule has 0 fully saturated rings. The van der Waals surface area contributed by atoms with Crippen molar-refractivity contribution in [1.29, 1.82) is 10.5 Å². The van der Waals surface area contributed by atoms with E-state index in [-0.39, 0.29) is 0 Å². The van der Waals surface area contributed by atoms with E-state index >= 15 is 0 Å². The first kappa shape index (κ1) is 11.3. The molecule has 1 rings (SSSR count). The van der Waals surface area contributed by atoms with E-state index in [1.54, 1.807) is 0 Å². The summed E-state index contributed by atoms with van der Waals surface area (Å²) in [6, 6.07) is 2.45. The Bertz CT molecular complexity index is 424. The summed E-state index contributed by atoms with van der Waals surface area (Å²) in [7, 11) is 0. The van der Waals surface area contributed by atoms with Crippen LogP contribution < -0.4 is 0 Å². The van der Waals surface area contributed by atoms with Crippen LogP contribution in [0, 0.1) is 22.7 Å². The second-order valence-corrected chi connectivity index (χ2v) is 2.82. The molecule has 0 aromatic carbocycles. The zero-order chi connectivity index (χ0) is 11.6. The van der Waals surface area contributed by atoms with Gasteiger partial charge in [-0.2, -0.15) is 10.5 Å². The first-order chi connectivity index (χ1) is 7.04. The number of nitriles is 2. The molecule has 0 radical (unpaired) electrons. The fourth-order valence-electron chi connectivity index (χ4n) is 1.20. The third-order valence-corrected chi connectivity index (χ3v) is 1.97.